The molecule has 0 aliphatic carbocycles. The SMILES string of the molecule is Cc1cccc(CSc2n[nH]c(N/N=C\c3ccc(O)cc3O)n2)c1. The predicted molar refractivity (Wildman–Crippen MR) is 98.1 cm³/mol. The van der Waals surface area contributed by atoms with Crippen LogP contribution in [0.1, 0.15) is 16.7 Å². The minimum Gasteiger partial charge on any atom is -0.508 e. The number of aryl methyl sites for hydroxylation is 1. The zero-order chi connectivity index (χ0) is 17.6. The number of hydrazone groups is 1. The Bertz CT molecular complexity index is 894. The van der Waals surface area contributed by atoms with Gasteiger partial charge in [-0.2, -0.15) is 10.1 Å². The largest absolute Gasteiger partial charge is 0.508 e. The van der Waals surface area contributed by atoms with Crippen molar-refractivity contribution in [1.82, 2.24) is 15.2 Å². The Hall–Kier alpha value is -3.00. The number of phenols is 2. The number of aromatic amines is 1. The molecule has 1 aromatic heterocycles. The highest BCUT2D eigenvalue weighted by molar-refractivity contribution is 7.98. The topological polar surface area (TPSA) is 106 Å². The summed E-state index contributed by atoms with van der Waals surface area (Å²) in [7, 11) is 0. The average Bonchev–Trinajstić information content (AvgIpc) is 3.03. The summed E-state index contributed by atoms with van der Waals surface area (Å²) in [6.45, 7) is 2.06. The minimum atomic E-state index is -0.0579. The van der Waals surface area contributed by atoms with Crippen molar-refractivity contribution >= 4 is 23.9 Å². The molecule has 0 fully saturated rings. The Balaban J connectivity index is 1.55. The number of aromatic nitrogens is 3. The van der Waals surface area contributed by atoms with Crippen molar-refractivity contribution in [3.8, 4) is 11.5 Å². The third-order valence-electron chi connectivity index (χ3n) is 3.30. The number of thioether (sulfide) groups is 1. The van der Waals surface area contributed by atoms with E-state index in [2.05, 4.69) is 50.8 Å². The van der Waals surface area contributed by atoms with E-state index in [1.807, 2.05) is 6.07 Å². The molecule has 0 saturated heterocycles. The third-order valence-corrected chi connectivity index (χ3v) is 4.22. The normalized spacial score (nSPS) is 11.1. The molecule has 7 nitrogen and oxygen atoms in total. The van der Waals surface area contributed by atoms with Crippen LogP contribution in [-0.2, 0) is 5.75 Å². The fraction of sp³-hybridized carbons (Fsp3) is 0.118. The minimum absolute atomic E-state index is 0.00637. The van der Waals surface area contributed by atoms with E-state index in [4.69, 9.17) is 0 Å². The molecule has 0 atom stereocenters. The molecule has 3 rings (SSSR count). The average molecular weight is 355 g/mol. The molecule has 0 amide bonds. The molecule has 1 heterocycles. The Morgan fingerprint density at radius 3 is 2.92 bits per heavy atom. The fourth-order valence-electron chi connectivity index (χ4n) is 2.11. The lowest BCUT2D eigenvalue weighted by atomic mass is 10.2. The molecule has 0 bridgehead atoms. The molecule has 2 aromatic carbocycles. The van der Waals surface area contributed by atoms with E-state index in [9.17, 15) is 10.2 Å². The number of nitrogens with one attached hydrogen (secondary N) is 2. The van der Waals surface area contributed by atoms with Gasteiger partial charge in [-0.15, -0.1) is 5.10 Å². The van der Waals surface area contributed by atoms with E-state index < -0.39 is 0 Å². The highest BCUT2D eigenvalue weighted by Crippen LogP contribution is 2.22. The van der Waals surface area contributed by atoms with Gasteiger partial charge in [-0.1, -0.05) is 41.6 Å². The molecule has 0 aliphatic heterocycles. The smallest absolute Gasteiger partial charge is 0.240 e. The van der Waals surface area contributed by atoms with E-state index in [-0.39, 0.29) is 11.5 Å². The first-order valence-corrected chi connectivity index (χ1v) is 8.50. The van der Waals surface area contributed by atoms with Crippen LogP contribution in [0.2, 0.25) is 0 Å². The van der Waals surface area contributed by atoms with Crippen LogP contribution in [0.25, 0.3) is 0 Å². The lowest BCUT2D eigenvalue weighted by Crippen LogP contribution is -1.92. The Morgan fingerprint density at radius 1 is 1.24 bits per heavy atom. The second-order valence-electron chi connectivity index (χ2n) is 5.36. The zero-order valence-corrected chi connectivity index (χ0v) is 14.3. The number of rotatable bonds is 6. The van der Waals surface area contributed by atoms with Gasteiger partial charge in [0.1, 0.15) is 11.5 Å². The third kappa shape index (κ3) is 4.74. The van der Waals surface area contributed by atoms with Gasteiger partial charge in [-0.3, -0.25) is 0 Å². The Kier molecular flexibility index (Phi) is 5.20. The van der Waals surface area contributed by atoms with Crippen molar-refractivity contribution < 1.29 is 10.2 Å². The monoisotopic (exact) mass is 355 g/mol. The molecule has 3 aromatic rings. The maximum Gasteiger partial charge on any atom is 0.240 e. The predicted octanol–water partition coefficient (Wildman–Crippen LogP) is 3.26. The van der Waals surface area contributed by atoms with E-state index >= 15 is 0 Å². The molecule has 8 heteroatoms. The number of anilines is 1. The highest BCUT2D eigenvalue weighted by atomic mass is 32.2. The summed E-state index contributed by atoms with van der Waals surface area (Å²) in [5.41, 5.74) is 5.62. The van der Waals surface area contributed by atoms with Crippen molar-refractivity contribution in [2.45, 2.75) is 17.8 Å². The van der Waals surface area contributed by atoms with Gasteiger partial charge in [0.2, 0.25) is 11.1 Å². The number of benzene rings is 2. The van der Waals surface area contributed by atoms with E-state index in [1.54, 1.807) is 6.07 Å². The van der Waals surface area contributed by atoms with Crippen LogP contribution in [0.3, 0.4) is 0 Å². The molecule has 0 spiro atoms. The molecular formula is C17H17N5O2S. The van der Waals surface area contributed by atoms with E-state index in [0.717, 1.165) is 5.75 Å². The van der Waals surface area contributed by atoms with Crippen LogP contribution < -0.4 is 5.43 Å². The van der Waals surface area contributed by atoms with Crippen molar-refractivity contribution in [2.75, 3.05) is 5.43 Å². The summed E-state index contributed by atoms with van der Waals surface area (Å²) in [5.74, 6) is 1.12. The lowest BCUT2D eigenvalue weighted by molar-refractivity contribution is 0.450. The summed E-state index contributed by atoms with van der Waals surface area (Å²) in [4.78, 5) is 4.28. The van der Waals surface area contributed by atoms with Gasteiger partial charge < -0.3 is 10.2 Å². The molecule has 0 aliphatic rings. The molecule has 0 unspecified atom stereocenters. The maximum absolute atomic E-state index is 9.67. The molecule has 0 saturated carbocycles. The van der Waals surface area contributed by atoms with Gasteiger partial charge in [-0.25, -0.2) is 10.5 Å². The zero-order valence-electron chi connectivity index (χ0n) is 13.5. The van der Waals surface area contributed by atoms with Crippen LogP contribution >= 0.6 is 11.8 Å². The van der Waals surface area contributed by atoms with Gasteiger partial charge in [0, 0.05) is 17.4 Å². The summed E-state index contributed by atoms with van der Waals surface area (Å²) in [6.07, 6.45) is 1.43. The van der Waals surface area contributed by atoms with E-state index in [0.29, 0.717) is 16.7 Å². The van der Waals surface area contributed by atoms with Crippen LogP contribution in [0, 0.1) is 6.92 Å². The molecule has 128 valence electrons. The Morgan fingerprint density at radius 2 is 2.12 bits per heavy atom. The first kappa shape index (κ1) is 16.8. The maximum atomic E-state index is 9.67. The summed E-state index contributed by atoms with van der Waals surface area (Å²) in [5, 5.41) is 30.4. The fourth-order valence-corrected chi connectivity index (χ4v) is 2.86. The Labute approximate surface area is 148 Å². The second-order valence-corrected chi connectivity index (χ2v) is 6.30. The number of hydrogen-bond acceptors (Lipinski definition) is 7. The van der Waals surface area contributed by atoms with Crippen molar-refractivity contribution in [3.05, 3.63) is 59.2 Å². The molecular weight excluding hydrogens is 338 g/mol. The summed E-state index contributed by atoms with van der Waals surface area (Å²) in [6, 6.07) is 12.6. The number of aromatic hydroxyl groups is 2. The molecule has 0 radical (unpaired) electrons. The van der Waals surface area contributed by atoms with Crippen molar-refractivity contribution in [1.29, 1.82) is 0 Å². The summed E-state index contributed by atoms with van der Waals surface area (Å²) < 4.78 is 0. The number of phenolic OH excluding ortho intramolecular Hbond substituents is 2. The second kappa shape index (κ2) is 7.71. The van der Waals surface area contributed by atoms with Crippen LogP contribution in [-0.4, -0.2) is 31.6 Å². The summed E-state index contributed by atoms with van der Waals surface area (Å²) >= 11 is 1.52. The first-order valence-electron chi connectivity index (χ1n) is 7.52. The first-order chi connectivity index (χ1) is 12.1. The number of nitrogens with zero attached hydrogens (tertiary/aromatic N) is 3. The van der Waals surface area contributed by atoms with Crippen molar-refractivity contribution in [2.24, 2.45) is 5.10 Å². The van der Waals surface area contributed by atoms with Gasteiger partial charge in [0.25, 0.3) is 0 Å². The molecule has 4 N–H and O–H groups in total. The quantitative estimate of drug-likeness (QED) is 0.307. The van der Waals surface area contributed by atoms with Crippen molar-refractivity contribution in [3.63, 3.8) is 0 Å². The van der Waals surface area contributed by atoms with Gasteiger partial charge in [0.05, 0.1) is 6.21 Å². The number of H-pyrrole nitrogens is 1. The van der Waals surface area contributed by atoms with Crippen LogP contribution in [0.5, 0.6) is 11.5 Å². The molecule has 25 heavy (non-hydrogen) atoms. The van der Waals surface area contributed by atoms with Crippen LogP contribution in [0.4, 0.5) is 5.95 Å². The number of hydrogen-bond donors (Lipinski definition) is 4. The standard InChI is InChI=1S/C17H17N5O2S/c1-11-3-2-4-12(7-11)10-25-17-19-16(21-22-17)20-18-9-13-5-6-14(23)8-15(13)24/h2-9,23-24H,10H2,1H3,(H2,19,20,21,22)/b18-9-. The van der Waals surface area contributed by atoms with Gasteiger partial charge in [0.15, 0.2) is 0 Å². The van der Waals surface area contributed by atoms with E-state index in [1.165, 1.54) is 41.2 Å². The lowest BCUT2D eigenvalue weighted by Gasteiger charge is -1.99. The van der Waals surface area contributed by atoms with Gasteiger partial charge >= 0.3 is 0 Å². The van der Waals surface area contributed by atoms with Gasteiger partial charge in [-0.05, 0) is 24.6 Å². The highest BCUT2D eigenvalue weighted by Gasteiger charge is 2.04. The van der Waals surface area contributed by atoms with Crippen LogP contribution in [0.15, 0.2) is 52.7 Å².